The Kier molecular flexibility index (Phi) is 4.77. The SMILES string of the molecule is N#Cc1c(NC(=O)c2cc3nc(-c4cccs4)cc(C(F)(F)Cl)n3n2)sc2c1CCC2. The van der Waals surface area contributed by atoms with Crippen LogP contribution in [-0.2, 0) is 18.2 Å². The topological polar surface area (TPSA) is 83.1 Å². The average molecular weight is 476 g/mol. The number of carbonyl (C=O) groups is 1. The highest BCUT2D eigenvalue weighted by atomic mass is 35.5. The predicted octanol–water partition coefficient (Wildman–Crippen LogP) is 5.42. The lowest BCUT2D eigenvalue weighted by molar-refractivity contribution is 0.0869. The Morgan fingerprint density at radius 3 is 2.90 bits per heavy atom. The van der Waals surface area contributed by atoms with E-state index in [1.54, 1.807) is 17.5 Å². The van der Waals surface area contributed by atoms with Gasteiger partial charge in [0, 0.05) is 10.9 Å². The normalized spacial score (nSPS) is 13.4. The number of halogens is 3. The molecule has 0 atom stereocenters. The minimum absolute atomic E-state index is 0.0700. The Balaban J connectivity index is 1.55. The van der Waals surface area contributed by atoms with Crippen molar-refractivity contribution in [3.63, 3.8) is 0 Å². The molecule has 0 radical (unpaired) electrons. The van der Waals surface area contributed by atoms with Crippen molar-refractivity contribution in [2.24, 2.45) is 0 Å². The molecule has 6 nitrogen and oxygen atoms in total. The summed E-state index contributed by atoms with van der Waals surface area (Å²) in [6.07, 6.45) is 2.68. The summed E-state index contributed by atoms with van der Waals surface area (Å²) >= 11 is 8.03. The lowest BCUT2D eigenvalue weighted by atomic mass is 10.1. The van der Waals surface area contributed by atoms with Gasteiger partial charge in [-0.2, -0.15) is 19.1 Å². The van der Waals surface area contributed by atoms with Gasteiger partial charge in [-0.3, -0.25) is 4.79 Å². The van der Waals surface area contributed by atoms with E-state index in [1.807, 2.05) is 0 Å². The molecule has 0 saturated carbocycles. The Hall–Kier alpha value is -2.87. The van der Waals surface area contributed by atoms with Gasteiger partial charge in [0.15, 0.2) is 11.3 Å². The van der Waals surface area contributed by atoms with Crippen molar-refractivity contribution in [2.45, 2.75) is 24.6 Å². The Labute approximate surface area is 187 Å². The summed E-state index contributed by atoms with van der Waals surface area (Å²) in [6, 6.07) is 8.18. The molecule has 0 spiro atoms. The van der Waals surface area contributed by atoms with Gasteiger partial charge >= 0.3 is 5.38 Å². The van der Waals surface area contributed by atoms with E-state index in [4.69, 9.17) is 11.6 Å². The summed E-state index contributed by atoms with van der Waals surface area (Å²) in [4.78, 5) is 19.0. The second kappa shape index (κ2) is 7.37. The third kappa shape index (κ3) is 3.48. The van der Waals surface area contributed by atoms with Gasteiger partial charge in [0.25, 0.3) is 5.91 Å². The first kappa shape index (κ1) is 20.1. The summed E-state index contributed by atoms with van der Waals surface area (Å²) < 4.78 is 29.1. The number of aromatic nitrogens is 3. The van der Waals surface area contributed by atoms with E-state index in [0.29, 0.717) is 21.1 Å². The first-order valence-corrected chi connectivity index (χ1v) is 11.3. The number of hydrogen-bond donors (Lipinski definition) is 1. The molecule has 1 N–H and O–H groups in total. The molecule has 0 bridgehead atoms. The zero-order chi connectivity index (χ0) is 21.8. The van der Waals surface area contributed by atoms with Crippen LogP contribution in [0.5, 0.6) is 0 Å². The van der Waals surface area contributed by atoms with Crippen LogP contribution in [0.15, 0.2) is 29.6 Å². The fourth-order valence-corrected chi connectivity index (χ4v) is 5.67. The molecule has 4 aromatic rings. The van der Waals surface area contributed by atoms with Crippen LogP contribution in [0.1, 0.15) is 38.6 Å². The van der Waals surface area contributed by atoms with Gasteiger partial charge in [0.1, 0.15) is 16.8 Å². The molecule has 0 saturated heterocycles. The first-order chi connectivity index (χ1) is 14.8. The van der Waals surface area contributed by atoms with Crippen molar-refractivity contribution in [1.82, 2.24) is 14.6 Å². The summed E-state index contributed by atoms with van der Waals surface area (Å²) in [5.74, 6) is -0.608. The fraction of sp³-hybridized carbons (Fsp3) is 0.200. The highest BCUT2D eigenvalue weighted by Gasteiger charge is 2.33. The lowest BCUT2D eigenvalue weighted by Gasteiger charge is -2.11. The number of nitrogens with one attached hydrogen (secondary N) is 1. The van der Waals surface area contributed by atoms with Gasteiger partial charge in [0.2, 0.25) is 0 Å². The van der Waals surface area contributed by atoms with Gasteiger partial charge in [-0.05, 0) is 53.9 Å². The summed E-state index contributed by atoms with van der Waals surface area (Å²) in [5.41, 5.74) is 1.13. The van der Waals surface area contributed by atoms with E-state index in [2.05, 4.69) is 21.5 Å². The molecule has 4 heterocycles. The second-order valence-corrected chi connectivity index (χ2v) is 9.46. The number of anilines is 1. The summed E-state index contributed by atoms with van der Waals surface area (Å²) in [7, 11) is 0. The van der Waals surface area contributed by atoms with E-state index >= 15 is 0 Å². The van der Waals surface area contributed by atoms with Gasteiger partial charge in [-0.25, -0.2) is 9.50 Å². The van der Waals surface area contributed by atoms with Crippen LogP contribution in [0.25, 0.3) is 16.2 Å². The second-order valence-electron chi connectivity index (χ2n) is 6.93. The van der Waals surface area contributed by atoms with Gasteiger partial charge in [0.05, 0.1) is 16.1 Å². The van der Waals surface area contributed by atoms with Crippen molar-refractivity contribution in [1.29, 1.82) is 5.26 Å². The molecule has 0 aliphatic heterocycles. The van der Waals surface area contributed by atoms with Crippen LogP contribution in [0.3, 0.4) is 0 Å². The van der Waals surface area contributed by atoms with Crippen LogP contribution in [-0.4, -0.2) is 20.5 Å². The number of nitrogens with zero attached hydrogens (tertiary/aromatic N) is 4. The molecular weight excluding hydrogens is 464 g/mol. The maximum atomic E-state index is 14.1. The number of thiophene rings is 2. The molecule has 1 aliphatic carbocycles. The quantitative estimate of drug-likeness (QED) is 0.399. The highest BCUT2D eigenvalue weighted by molar-refractivity contribution is 7.16. The Bertz CT molecular complexity index is 1370. The number of rotatable bonds is 4. The van der Waals surface area contributed by atoms with Crippen LogP contribution in [0.2, 0.25) is 0 Å². The van der Waals surface area contributed by atoms with Gasteiger partial charge in [-0.1, -0.05) is 6.07 Å². The summed E-state index contributed by atoms with van der Waals surface area (Å²) in [5, 5.41) is 14.8. The number of alkyl halides is 3. The fourth-order valence-electron chi connectivity index (χ4n) is 3.62. The third-order valence-corrected chi connectivity index (χ3v) is 7.28. The number of carbonyl (C=O) groups excluding carboxylic acids is 1. The summed E-state index contributed by atoms with van der Waals surface area (Å²) in [6.45, 7) is 0. The zero-order valence-corrected chi connectivity index (χ0v) is 18.0. The number of fused-ring (bicyclic) bond motifs is 2. The monoisotopic (exact) mass is 475 g/mol. The maximum Gasteiger partial charge on any atom is 0.364 e. The molecular formula is C20H12ClF2N5OS2. The molecule has 0 fully saturated rings. The number of nitriles is 1. The molecule has 4 aromatic heterocycles. The number of amides is 1. The minimum Gasteiger partial charge on any atom is -0.311 e. The molecule has 31 heavy (non-hydrogen) atoms. The molecule has 5 rings (SSSR count). The van der Waals surface area contributed by atoms with E-state index < -0.39 is 17.0 Å². The smallest absolute Gasteiger partial charge is 0.311 e. The first-order valence-electron chi connectivity index (χ1n) is 9.23. The van der Waals surface area contributed by atoms with E-state index in [-0.39, 0.29) is 11.3 Å². The van der Waals surface area contributed by atoms with Crippen molar-refractivity contribution in [2.75, 3.05) is 5.32 Å². The molecule has 156 valence electrons. The van der Waals surface area contributed by atoms with Gasteiger partial charge in [-0.15, -0.1) is 22.7 Å². The van der Waals surface area contributed by atoms with E-state index in [9.17, 15) is 18.8 Å². The van der Waals surface area contributed by atoms with E-state index in [0.717, 1.165) is 40.3 Å². The van der Waals surface area contributed by atoms with Crippen LogP contribution >= 0.6 is 34.3 Å². The largest absolute Gasteiger partial charge is 0.364 e. The van der Waals surface area contributed by atoms with Crippen LogP contribution in [0.4, 0.5) is 13.8 Å². The highest BCUT2D eigenvalue weighted by Crippen LogP contribution is 2.39. The van der Waals surface area contributed by atoms with E-state index in [1.165, 1.54) is 28.7 Å². The number of aryl methyl sites for hydroxylation is 1. The molecule has 11 heteroatoms. The lowest BCUT2D eigenvalue weighted by Crippen LogP contribution is -2.15. The Morgan fingerprint density at radius 1 is 1.35 bits per heavy atom. The van der Waals surface area contributed by atoms with Crippen molar-refractivity contribution >= 4 is 50.8 Å². The molecule has 0 unspecified atom stereocenters. The number of hydrogen-bond acceptors (Lipinski definition) is 6. The van der Waals surface area contributed by atoms with Crippen molar-refractivity contribution in [3.8, 4) is 16.6 Å². The Morgan fingerprint density at radius 2 is 2.19 bits per heavy atom. The predicted molar refractivity (Wildman–Crippen MR) is 115 cm³/mol. The van der Waals surface area contributed by atoms with Crippen LogP contribution in [0, 0.1) is 11.3 Å². The molecule has 1 amide bonds. The molecule has 0 aromatic carbocycles. The van der Waals surface area contributed by atoms with Crippen molar-refractivity contribution < 1.29 is 13.6 Å². The standard InChI is InChI=1S/C20H12ClF2N5OS2/c21-20(22,23)16-7-12(15-5-2-6-30-15)25-17-8-13(27-28(16)17)18(29)26-19-11(9-24)10-3-1-4-14(10)31-19/h2,5-8H,1,3-4H2,(H,26,29). The zero-order valence-electron chi connectivity index (χ0n) is 15.7. The molecule has 1 aliphatic rings. The average Bonchev–Trinajstić information content (AvgIpc) is 3.48. The minimum atomic E-state index is -3.71. The van der Waals surface area contributed by atoms with Crippen LogP contribution < -0.4 is 5.32 Å². The third-order valence-electron chi connectivity index (χ3n) is 4.98. The van der Waals surface area contributed by atoms with Gasteiger partial charge < -0.3 is 5.32 Å². The maximum absolute atomic E-state index is 14.1. The van der Waals surface area contributed by atoms with Crippen molar-refractivity contribution in [3.05, 3.63) is 57.0 Å².